The molecule has 1 unspecified atom stereocenters. The van der Waals surface area contributed by atoms with Crippen molar-refractivity contribution in [1.29, 1.82) is 0 Å². The molecule has 8 heteroatoms. The summed E-state index contributed by atoms with van der Waals surface area (Å²) in [7, 11) is 4.22. The van der Waals surface area contributed by atoms with E-state index in [4.69, 9.17) is 4.99 Å². The first-order chi connectivity index (χ1) is 12.9. The highest BCUT2D eigenvalue weighted by molar-refractivity contribution is 14.0. The van der Waals surface area contributed by atoms with Gasteiger partial charge in [0.05, 0.1) is 12.2 Å². The number of aliphatic imine (C=N–C) groups is 1. The number of nitrogens with zero attached hydrogens (tertiary/aromatic N) is 5. The number of hydrogen-bond acceptors (Lipinski definition) is 4. The zero-order chi connectivity index (χ0) is 19.8. The molecule has 2 N–H and O–H groups in total. The van der Waals surface area contributed by atoms with Crippen molar-refractivity contribution in [3.63, 3.8) is 0 Å². The molecule has 0 aliphatic carbocycles. The van der Waals surface area contributed by atoms with E-state index in [1.54, 1.807) is 0 Å². The molecule has 28 heavy (non-hydrogen) atoms. The van der Waals surface area contributed by atoms with Gasteiger partial charge in [-0.1, -0.05) is 0 Å². The Bertz CT molecular complexity index is 614. The summed E-state index contributed by atoms with van der Waals surface area (Å²) in [6.45, 7) is 16.0. The molecule has 1 saturated heterocycles. The van der Waals surface area contributed by atoms with Gasteiger partial charge in [0.1, 0.15) is 0 Å². The maximum absolute atomic E-state index is 4.81. The van der Waals surface area contributed by atoms with Gasteiger partial charge in [0, 0.05) is 45.0 Å². The quantitative estimate of drug-likeness (QED) is 0.336. The van der Waals surface area contributed by atoms with Gasteiger partial charge in [0.2, 0.25) is 0 Å². The maximum atomic E-state index is 4.81. The monoisotopic (exact) mass is 505 g/mol. The zero-order valence-electron chi connectivity index (χ0n) is 18.6. The number of aryl methyl sites for hydroxylation is 2. The van der Waals surface area contributed by atoms with E-state index in [-0.39, 0.29) is 24.0 Å². The predicted octanol–water partition coefficient (Wildman–Crippen LogP) is 1.78. The van der Waals surface area contributed by atoms with Crippen LogP contribution < -0.4 is 10.6 Å². The lowest BCUT2D eigenvalue weighted by Gasteiger charge is -2.20. The normalized spacial score (nSPS) is 17.7. The van der Waals surface area contributed by atoms with Crippen molar-refractivity contribution in [2.24, 2.45) is 12.0 Å². The first-order valence-corrected chi connectivity index (χ1v) is 10.4. The number of guanidine groups is 1. The molecule has 7 nitrogen and oxygen atoms in total. The smallest absolute Gasteiger partial charge is 0.191 e. The molecule has 1 fully saturated rings. The van der Waals surface area contributed by atoms with Crippen LogP contribution in [0.4, 0.5) is 0 Å². The highest BCUT2D eigenvalue weighted by Gasteiger charge is 2.14. The van der Waals surface area contributed by atoms with Gasteiger partial charge in [0.15, 0.2) is 5.96 Å². The second-order valence-corrected chi connectivity index (χ2v) is 7.78. The van der Waals surface area contributed by atoms with Crippen LogP contribution in [0, 0.1) is 13.8 Å². The second kappa shape index (κ2) is 12.6. The van der Waals surface area contributed by atoms with Crippen LogP contribution in [0.2, 0.25) is 0 Å². The minimum absolute atomic E-state index is 0. The zero-order valence-corrected chi connectivity index (χ0v) is 20.9. The van der Waals surface area contributed by atoms with Crippen molar-refractivity contribution < 1.29 is 0 Å². The Morgan fingerprint density at radius 1 is 1.18 bits per heavy atom. The average molecular weight is 505 g/mol. The summed E-state index contributed by atoms with van der Waals surface area (Å²) in [5.41, 5.74) is 3.70. The minimum atomic E-state index is 0. The molecular formula is C20H40IN7. The first kappa shape index (κ1) is 25.2. The molecule has 0 aromatic carbocycles. The Morgan fingerprint density at radius 2 is 1.93 bits per heavy atom. The predicted molar refractivity (Wildman–Crippen MR) is 129 cm³/mol. The van der Waals surface area contributed by atoms with Crippen LogP contribution in [-0.4, -0.2) is 84.4 Å². The molecule has 2 heterocycles. The van der Waals surface area contributed by atoms with Crippen LogP contribution >= 0.6 is 24.0 Å². The standard InChI is InChI=1S/C20H39N7.HI/c1-7-21-20(22-9-12-27-11-8-10-25(5)13-14-27)23-16(2)15-19-17(3)24-26(6)18(19)4;/h16H,7-15H2,1-6H3,(H2,21,22,23);1H. The van der Waals surface area contributed by atoms with Crippen molar-refractivity contribution in [2.75, 3.05) is 52.9 Å². The Balaban J connectivity index is 0.00000392. The maximum Gasteiger partial charge on any atom is 0.191 e. The fraction of sp³-hybridized carbons (Fsp3) is 0.800. The highest BCUT2D eigenvalue weighted by atomic mass is 127. The number of rotatable bonds is 7. The number of halogens is 1. The SMILES string of the molecule is CCNC(=NCCN1CCCN(C)CC1)NC(C)Cc1c(C)nn(C)c1C.I. The molecule has 0 saturated carbocycles. The molecule has 1 atom stereocenters. The topological polar surface area (TPSA) is 60.7 Å². The van der Waals surface area contributed by atoms with E-state index in [1.807, 2.05) is 11.7 Å². The summed E-state index contributed by atoms with van der Waals surface area (Å²) < 4.78 is 1.97. The van der Waals surface area contributed by atoms with Crippen LogP contribution in [0.1, 0.15) is 37.2 Å². The average Bonchev–Trinajstić information content (AvgIpc) is 2.77. The van der Waals surface area contributed by atoms with Crippen LogP contribution in [0.15, 0.2) is 4.99 Å². The Morgan fingerprint density at radius 3 is 2.57 bits per heavy atom. The van der Waals surface area contributed by atoms with Gasteiger partial charge in [0.25, 0.3) is 0 Å². The molecule has 1 aromatic heterocycles. The number of nitrogens with one attached hydrogen (secondary N) is 2. The van der Waals surface area contributed by atoms with Gasteiger partial charge in [-0.3, -0.25) is 9.67 Å². The summed E-state index contributed by atoms with van der Waals surface area (Å²) in [5, 5.41) is 11.5. The third-order valence-electron chi connectivity index (χ3n) is 5.39. The third-order valence-corrected chi connectivity index (χ3v) is 5.39. The van der Waals surface area contributed by atoms with E-state index in [1.165, 1.54) is 30.8 Å². The Hall–Kier alpha value is -0.870. The number of likely N-dealkylation sites (N-methyl/N-ethyl adjacent to an activating group) is 1. The largest absolute Gasteiger partial charge is 0.357 e. The van der Waals surface area contributed by atoms with Crippen molar-refractivity contribution >= 4 is 29.9 Å². The van der Waals surface area contributed by atoms with Crippen LogP contribution in [0.25, 0.3) is 0 Å². The molecular weight excluding hydrogens is 465 g/mol. The molecule has 0 spiro atoms. The van der Waals surface area contributed by atoms with Crippen molar-refractivity contribution in [1.82, 2.24) is 30.2 Å². The van der Waals surface area contributed by atoms with E-state index < -0.39 is 0 Å². The van der Waals surface area contributed by atoms with Crippen LogP contribution in [0.3, 0.4) is 0 Å². The van der Waals surface area contributed by atoms with Crippen molar-refractivity contribution in [3.8, 4) is 0 Å². The van der Waals surface area contributed by atoms with Crippen molar-refractivity contribution in [2.45, 2.75) is 46.6 Å². The summed E-state index contributed by atoms with van der Waals surface area (Å²) in [6.07, 6.45) is 2.20. The lowest BCUT2D eigenvalue weighted by atomic mass is 10.1. The highest BCUT2D eigenvalue weighted by Crippen LogP contribution is 2.14. The Labute approximate surface area is 188 Å². The molecule has 1 aliphatic rings. The molecule has 0 amide bonds. The van der Waals surface area contributed by atoms with Gasteiger partial charge in [-0.05, 0) is 66.2 Å². The van der Waals surface area contributed by atoms with Gasteiger partial charge in [-0.25, -0.2) is 0 Å². The number of aromatic nitrogens is 2. The van der Waals surface area contributed by atoms with Crippen molar-refractivity contribution in [3.05, 3.63) is 17.0 Å². The summed E-state index contributed by atoms with van der Waals surface area (Å²) in [5.74, 6) is 0.913. The van der Waals surface area contributed by atoms with E-state index >= 15 is 0 Å². The summed E-state index contributed by atoms with van der Waals surface area (Å²) in [4.78, 5) is 9.75. The lowest BCUT2D eigenvalue weighted by Crippen LogP contribution is -2.43. The minimum Gasteiger partial charge on any atom is -0.357 e. The van der Waals surface area contributed by atoms with E-state index in [9.17, 15) is 0 Å². The van der Waals surface area contributed by atoms with Gasteiger partial charge >= 0.3 is 0 Å². The molecule has 0 radical (unpaired) electrons. The fourth-order valence-electron chi connectivity index (χ4n) is 3.65. The van der Waals surface area contributed by atoms with Gasteiger partial charge in [-0.15, -0.1) is 24.0 Å². The van der Waals surface area contributed by atoms with E-state index in [0.717, 1.165) is 50.8 Å². The summed E-state index contributed by atoms with van der Waals surface area (Å²) in [6, 6.07) is 0.302. The summed E-state index contributed by atoms with van der Waals surface area (Å²) >= 11 is 0. The molecule has 0 bridgehead atoms. The van der Waals surface area contributed by atoms with Crippen LogP contribution in [-0.2, 0) is 13.5 Å². The lowest BCUT2D eigenvalue weighted by molar-refractivity contribution is 0.283. The number of hydrogen-bond donors (Lipinski definition) is 2. The molecule has 2 rings (SSSR count). The van der Waals surface area contributed by atoms with E-state index in [2.05, 4.69) is 60.3 Å². The van der Waals surface area contributed by atoms with Gasteiger partial charge < -0.3 is 20.4 Å². The molecule has 162 valence electrons. The molecule has 1 aromatic rings. The Kier molecular flexibility index (Phi) is 11.4. The fourth-order valence-corrected chi connectivity index (χ4v) is 3.65. The van der Waals surface area contributed by atoms with Gasteiger partial charge in [-0.2, -0.15) is 5.10 Å². The second-order valence-electron chi connectivity index (χ2n) is 7.78. The first-order valence-electron chi connectivity index (χ1n) is 10.4. The third kappa shape index (κ3) is 7.87. The van der Waals surface area contributed by atoms with Crippen LogP contribution in [0.5, 0.6) is 0 Å². The molecule has 1 aliphatic heterocycles. The van der Waals surface area contributed by atoms with E-state index in [0.29, 0.717) is 6.04 Å².